The van der Waals surface area contributed by atoms with Gasteiger partial charge < -0.3 is 9.47 Å². The number of carbonyl (C=O) groups excluding carboxylic acids is 1. The molecule has 1 aliphatic carbocycles. The van der Waals surface area contributed by atoms with Gasteiger partial charge in [-0.05, 0) is 49.4 Å². The van der Waals surface area contributed by atoms with E-state index >= 15 is 0 Å². The number of ether oxygens (including phenoxy) is 2. The second-order valence-electron chi connectivity index (χ2n) is 5.12. The molecule has 0 aromatic heterocycles. The van der Waals surface area contributed by atoms with Crippen LogP contribution in [0.3, 0.4) is 0 Å². The zero-order chi connectivity index (χ0) is 15.1. The first-order valence-electron chi connectivity index (χ1n) is 7.35. The minimum absolute atomic E-state index is 0.219. The van der Waals surface area contributed by atoms with Crippen molar-refractivity contribution < 1.29 is 14.3 Å². The van der Waals surface area contributed by atoms with Crippen LogP contribution >= 0.6 is 0 Å². The largest absolute Gasteiger partial charge is 0.497 e. The normalized spacial score (nSPS) is 14.7. The molecule has 1 aromatic rings. The summed E-state index contributed by atoms with van der Waals surface area (Å²) in [6.07, 6.45) is 3.31. The predicted octanol–water partition coefficient (Wildman–Crippen LogP) is 2.62. The van der Waals surface area contributed by atoms with Crippen LogP contribution in [0.15, 0.2) is 29.3 Å². The Balaban J connectivity index is 1.96. The Kier molecular flexibility index (Phi) is 5.60. The fraction of sp³-hybridized carbons (Fsp3) is 0.500. The first kappa shape index (κ1) is 15.4. The second kappa shape index (κ2) is 7.67. The van der Waals surface area contributed by atoms with Crippen molar-refractivity contribution in [2.75, 3.05) is 20.3 Å². The molecule has 1 N–H and O–H groups in total. The monoisotopic (exact) mass is 290 g/mol. The lowest BCUT2D eigenvalue weighted by Crippen LogP contribution is -2.33. The molecule has 5 nitrogen and oxygen atoms in total. The fourth-order valence-corrected chi connectivity index (χ4v) is 1.74. The van der Waals surface area contributed by atoms with Gasteiger partial charge in [-0.2, -0.15) is 0 Å². The molecule has 0 bridgehead atoms. The van der Waals surface area contributed by atoms with E-state index in [-0.39, 0.29) is 5.91 Å². The molecule has 1 fully saturated rings. The van der Waals surface area contributed by atoms with E-state index in [0.29, 0.717) is 24.1 Å². The molecule has 1 amide bonds. The number of aliphatic imine (C=N–C) groups is 1. The molecule has 0 aliphatic heterocycles. The molecular weight excluding hydrogens is 268 g/mol. The highest BCUT2D eigenvalue weighted by molar-refractivity contribution is 6.04. The van der Waals surface area contributed by atoms with Crippen molar-refractivity contribution in [3.05, 3.63) is 29.8 Å². The molecule has 0 saturated heterocycles. The predicted molar refractivity (Wildman–Crippen MR) is 81.7 cm³/mol. The summed E-state index contributed by atoms with van der Waals surface area (Å²) in [5, 5.41) is 2.74. The highest BCUT2D eigenvalue weighted by Crippen LogP contribution is 2.28. The third-order valence-electron chi connectivity index (χ3n) is 3.21. The quantitative estimate of drug-likeness (QED) is 0.647. The number of amidine groups is 1. The van der Waals surface area contributed by atoms with Crippen molar-refractivity contribution in [1.29, 1.82) is 0 Å². The topological polar surface area (TPSA) is 59.9 Å². The standard InChI is InChI=1S/C16H22N2O3/c1-3-10-21-16(17-11-12-4-5-12)18-15(19)13-6-8-14(20-2)9-7-13/h6-9,12H,3-5,10-11H2,1-2H3,(H,17,18,19). The number of amides is 1. The highest BCUT2D eigenvalue weighted by atomic mass is 16.5. The van der Waals surface area contributed by atoms with Gasteiger partial charge in [0.15, 0.2) is 0 Å². The molecule has 0 radical (unpaired) electrons. The van der Waals surface area contributed by atoms with Crippen molar-refractivity contribution in [2.45, 2.75) is 26.2 Å². The van der Waals surface area contributed by atoms with Gasteiger partial charge in [0.05, 0.1) is 13.7 Å². The van der Waals surface area contributed by atoms with Crippen LogP contribution in [-0.4, -0.2) is 32.2 Å². The van der Waals surface area contributed by atoms with Gasteiger partial charge in [-0.25, -0.2) is 4.99 Å². The minimum atomic E-state index is -0.219. The van der Waals surface area contributed by atoms with Crippen LogP contribution in [0.4, 0.5) is 0 Å². The summed E-state index contributed by atoms with van der Waals surface area (Å²) in [4.78, 5) is 16.5. The zero-order valence-corrected chi connectivity index (χ0v) is 12.6. The molecule has 5 heteroatoms. The third kappa shape index (κ3) is 5.10. The Labute approximate surface area is 125 Å². The van der Waals surface area contributed by atoms with E-state index in [9.17, 15) is 4.79 Å². The van der Waals surface area contributed by atoms with E-state index in [1.807, 2.05) is 6.92 Å². The maximum atomic E-state index is 12.2. The molecule has 1 aromatic carbocycles. The number of nitrogens with zero attached hydrogens (tertiary/aromatic N) is 1. The first-order chi connectivity index (χ1) is 10.2. The average Bonchev–Trinajstić information content (AvgIpc) is 3.34. The lowest BCUT2D eigenvalue weighted by molar-refractivity contribution is 0.0965. The minimum Gasteiger partial charge on any atom is -0.497 e. The third-order valence-corrected chi connectivity index (χ3v) is 3.21. The number of hydrogen-bond donors (Lipinski definition) is 1. The summed E-state index contributed by atoms with van der Waals surface area (Å²) >= 11 is 0. The van der Waals surface area contributed by atoms with E-state index in [4.69, 9.17) is 9.47 Å². The van der Waals surface area contributed by atoms with E-state index < -0.39 is 0 Å². The molecule has 114 valence electrons. The summed E-state index contributed by atoms with van der Waals surface area (Å²) in [5.41, 5.74) is 0.551. The van der Waals surface area contributed by atoms with Crippen LogP contribution in [0.2, 0.25) is 0 Å². The number of methoxy groups -OCH3 is 1. The lowest BCUT2D eigenvalue weighted by atomic mass is 10.2. The van der Waals surface area contributed by atoms with E-state index in [1.165, 1.54) is 12.8 Å². The van der Waals surface area contributed by atoms with Crippen molar-refractivity contribution in [3.63, 3.8) is 0 Å². The molecular formula is C16H22N2O3. The second-order valence-corrected chi connectivity index (χ2v) is 5.12. The van der Waals surface area contributed by atoms with Gasteiger partial charge in [0.1, 0.15) is 5.75 Å². The Morgan fingerprint density at radius 1 is 1.33 bits per heavy atom. The fourth-order valence-electron chi connectivity index (χ4n) is 1.74. The van der Waals surface area contributed by atoms with Crippen molar-refractivity contribution in [2.24, 2.45) is 10.9 Å². The van der Waals surface area contributed by atoms with Crippen LogP contribution in [0, 0.1) is 5.92 Å². The molecule has 1 aliphatic rings. The SMILES string of the molecule is CCCOC(=NCC1CC1)NC(=O)c1ccc(OC)cc1. The number of carbonyl (C=O) groups is 1. The van der Waals surface area contributed by atoms with Gasteiger partial charge in [0, 0.05) is 12.1 Å². The zero-order valence-electron chi connectivity index (χ0n) is 12.6. The Hall–Kier alpha value is -2.04. The molecule has 0 heterocycles. The number of nitrogens with one attached hydrogen (secondary N) is 1. The van der Waals surface area contributed by atoms with Crippen LogP contribution in [-0.2, 0) is 4.74 Å². The van der Waals surface area contributed by atoms with Crippen molar-refractivity contribution in [1.82, 2.24) is 5.32 Å². The van der Waals surface area contributed by atoms with Crippen LogP contribution < -0.4 is 10.1 Å². The van der Waals surface area contributed by atoms with Crippen molar-refractivity contribution in [3.8, 4) is 5.75 Å². The smallest absolute Gasteiger partial charge is 0.291 e. The molecule has 2 rings (SSSR count). The average molecular weight is 290 g/mol. The molecule has 1 saturated carbocycles. The molecule has 0 spiro atoms. The van der Waals surface area contributed by atoms with Crippen LogP contribution in [0.1, 0.15) is 36.5 Å². The number of rotatable bonds is 6. The van der Waals surface area contributed by atoms with E-state index in [0.717, 1.165) is 18.7 Å². The van der Waals surface area contributed by atoms with E-state index in [1.54, 1.807) is 31.4 Å². The highest BCUT2D eigenvalue weighted by Gasteiger charge is 2.21. The Morgan fingerprint density at radius 3 is 2.62 bits per heavy atom. The Bertz CT molecular complexity index is 493. The summed E-state index contributed by atoms with van der Waals surface area (Å²) in [6.45, 7) is 3.29. The van der Waals surface area contributed by atoms with Gasteiger partial charge in [0.2, 0.25) is 0 Å². The molecule has 0 atom stereocenters. The summed E-state index contributed by atoms with van der Waals surface area (Å²) in [6, 6.07) is 7.26. The summed E-state index contributed by atoms with van der Waals surface area (Å²) < 4.78 is 10.6. The lowest BCUT2D eigenvalue weighted by Gasteiger charge is -2.10. The number of hydrogen-bond acceptors (Lipinski definition) is 4. The summed E-state index contributed by atoms with van der Waals surface area (Å²) in [7, 11) is 1.59. The summed E-state index contributed by atoms with van der Waals surface area (Å²) in [5.74, 6) is 1.16. The number of benzene rings is 1. The van der Waals surface area contributed by atoms with Gasteiger partial charge in [0.25, 0.3) is 11.9 Å². The molecule has 21 heavy (non-hydrogen) atoms. The Morgan fingerprint density at radius 2 is 2.05 bits per heavy atom. The van der Waals surface area contributed by atoms with Gasteiger partial charge >= 0.3 is 0 Å². The van der Waals surface area contributed by atoms with Crippen LogP contribution in [0.5, 0.6) is 5.75 Å². The van der Waals surface area contributed by atoms with Gasteiger partial charge in [-0.15, -0.1) is 0 Å². The molecule has 0 unspecified atom stereocenters. The maximum absolute atomic E-state index is 12.2. The van der Waals surface area contributed by atoms with Crippen molar-refractivity contribution >= 4 is 11.9 Å². The first-order valence-corrected chi connectivity index (χ1v) is 7.35. The van der Waals surface area contributed by atoms with Crippen LogP contribution in [0.25, 0.3) is 0 Å². The maximum Gasteiger partial charge on any atom is 0.291 e. The van der Waals surface area contributed by atoms with Gasteiger partial charge in [-0.3, -0.25) is 10.1 Å². The van der Waals surface area contributed by atoms with E-state index in [2.05, 4.69) is 10.3 Å². The van der Waals surface area contributed by atoms with Gasteiger partial charge in [-0.1, -0.05) is 6.92 Å².